The fourth-order valence-electron chi connectivity index (χ4n) is 2.37. The zero-order chi connectivity index (χ0) is 15.7. The molecule has 0 atom stereocenters. The van der Waals surface area contributed by atoms with Gasteiger partial charge in [-0.1, -0.05) is 11.6 Å². The molecule has 0 unspecified atom stereocenters. The van der Waals surface area contributed by atoms with Gasteiger partial charge in [0.15, 0.2) is 0 Å². The van der Waals surface area contributed by atoms with Crippen molar-refractivity contribution < 1.29 is 9.53 Å². The lowest BCUT2D eigenvalue weighted by Gasteiger charge is -2.08. The first-order chi connectivity index (χ1) is 10.6. The number of anilines is 1. The predicted molar refractivity (Wildman–Crippen MR) is 88.9 cm³/mol. The van der Waals surface area contributed by atoms with E-state index in [0.29, 0.717) is 22.0 Å². The summed E-state index contributed by atoms with van der Waals surface area (Å²) in [5.74, 6) is 0.400. The summed E-state index contributed by atoms with van der Waals surface area (Å²) in [7, 11) is 3.52. The molecule has 4 nitrogen and oxygen atoms in total. The van der Waals surface area contributed by atoms with Crippen molar-refractivity contribution in [3.05, 3.63) is 59.2 Å². The van der Waals surface area contributed by atoms with Crippen molar-refractivity contribution in [1.29, 1.82) is 0 Å². The minimum atomic E-state index is -0.174. The number of hydrogen-bond acceptors (Lipinski definition) is 2. The second kappa shape index (κ2) is 5.73. The van der Waals surface area contributed by atoms with Crippen LogP contribution in [-0.2, 0) is 7.05 Å². The molecule has 3 aromatic rings. The summed E-state index contributed by atoms with van der Waals surface area (Å²) >= 11 is 6.06. The molecule has 0 aliphatic heterocycles. The molecule has 0 saturated heterocycles. The Bertz CT molecular complexity index is 855. The van der Waals surface area contributed by atoms with Crippen molar-refractivity contribution in [2.24, 2.45) is 7.05 Å². The maximum atomic E-state index is 12.3. The molecular formula is C17H15ClN2O2. The quantitative estimate of drug-likeness (QED) is 0.791. The second-order valence-electron chi connectivity index (χ2n) is 5.00. The number of aromatic nitrogens is 1. The molecule has 0 bridgehead atoms. The van der Waals surface area contributed by atoms with Crippen LogP contribution in [0.4, 0.5) is 5.69 Å². The van der Waals surface area contributed by atoms with Gasteiger partial charge in [-0.2, -0.15) is 0 Å². The van der Waals surface area contributed by atoms with Gasteiger partial charge in [0.05, 0.1) is 12.1 Å². The Balaban J connectivity index is 1.85. The van der Waals surface area contributed by atoms with Crippen LogP contribution in [0.15, 0.2) is 48.7 Å². The molecule has 112 valence electrons. The fraction of sp³-hybridized carbons (Fsp3) is 0.118. The summed E-state index contributed by atoms with van der Waals surface area (Å²) in [6, 6.07) is 12.7. The van der Waals surface area contributed by atoms with Gasteiger partial charge >= 0.3 is 0 Å². The SMILES string of the molecule is COc1ccc(NC(=O)c2ccc3c(ccn3C)c2)cc1Cl. The molecule has 1 N–H and O–H groups in total. The molecule has 5 heteroatoms. The first-order valence-corrected chi connectivity index (χ1v) is 7.16. The van der Waals surface area contributed by atoms with E-state index in [-0.39, 0.29) is 5.91 Å². The highest BCUT2D eigenvalue weighted by atomic mass is 35.5. The molecule has 22 heavy (non-hydrogen) atoms. The number of nitrogens with one attached hydrogen (secondary N) is 1. The third-order valence-electron chi connectivity index (χ3n) is 3.56. The first kappa shape index (κ1) is 14.5. The molecule has 1 aromatic heterocycles. The molecule has 2 aromatic carbocycles. The maximum Gasteiger partial charge on any atom is 0.255 e. The van der Waals surface area contributed by atoms with E-state index in [2.05, 4.69) is 5.32 Å². The molecule has 0 aliphatic rings. The van der Waals surface area contributed by atoms with E-state index in [1.54, 1.807) is 25.3 Å². The molecule has 0 aliphatic carbocycles. The van der Waals surface area contributed by atoms with Crippen LogP contribution in [0.1, 0.15) is 10.4 Å². The van der Waals surface area contributed by atoms with Crippen molar-refractivity contribution in [1.82, 2.24) is 4.57 Å². The molecule has 0 radical (unpaired) electrons. The number of fused-ring (bicyclic) bond motifs is 1. The summed E-state index contributed by atoms with van der Waals surface area (Å²) < 4.78 is 7.11. The number of rotatable bonds is 3. The summed E-state index contributed by atoms with van der Waals surface area (Å²) in [6.45, 7) is 0. The van der Waals surface area contributed by atoms with Crippen molar-refractivity contribution in [2.75, 3.05) is 12.4 Å². The van der Waals surface area contributed by atoms with Crippen LogP contribution < -0.4 is 10.1 Å². The summed E-state index contributed by atoms with van der Waals surface area (Å²) in [4.78, 5) is 12.3. The van der Waals surface area contributed by atoms with Gasteiger partial charge in [0.2, 0.25) is 0 Å². The Morgan fingerprint density at radius 2 is 2.00 bits per heavy atom. The van der Waals surface area contributed by atoms with Gasteiger partial charge in [0, 0.05) is 35.4 Å². The Morgan fingerprint density at radius 3 is 2.73 bits per heavy atom. The van der Waals surface area contributed by atoms with Crippen molar-refractivity contribution >= 4 is 34.1 Å². The van der Waals surface area contributed by atoms with Crippen LogP contribution in [0.2, 0.25) is 5.02 Å². The van der Waals surface area contributed by atoms with E-state index in [0.717, 1.165) is 10.9 Å². The monoisotopic (exact) mass is 314 g/mol. The number of carbonyl (C=O) groups is 1. The largest absolute Gasteiger partial charge is 0.495 e. The summed E-state index contributed by atoms with van der Waals surface area (Å²) in [5.41, 5.74) is 2.32. The van der Waals surface area contributed by atoms with Gasteiger partial charge in [-0.05, 0) is 42.5 Å². The lowest BCUT2D eigenvalue weighted by Crippen LogP contribution is -2.11. The number of amides is 1. The molecule has 0 spiro atoms. The fourth-order valence-corrected chi connectivity index (χ4v) is 2.63. The Kier molecular flexibility index (Phi) is 3.77. The minimum absolute atomic E-state index is 0.174. The predicted octanol–water partition coefficient (Wildman–Crippen LogP) is 4.09. The number of hydrogen-bond donors (Lipinski definition) is 1. The van der Waals surface area contributed by atoms with Gasteiger partial charge in [0.25, 0.3) is 5.91 Å². The van der Waals surface area contributed by atoms with E-state index >= 15 is 0 Å². The highest BCUT2D eigenvalue weighted by molar-refractivity contribution is 6.32. The van der Waals surface area contributed by atoms with Crippen molar-refractivity contribution in [3.8, 4) is 5.75 Å². The van der Waals surface area contributed by atoms with Crippen LogP contribution in [0.3, 0.4) is 0 Å². The number of benzene rings is 2. The topological polar surface area (TPSA) is 43.3 Å². The van der Waals surface area contributed by atoms with Crippen LogP contribution >= 0.6 is 11.6 Å². The molecule has 1 heterocycles. The van der Waals surface area contributed by atoms with Crippen LogP contribution in [-0.4, -0.2) is 17.6 Å². The van der Waals surface area contributed by atoms with E-state index in [4.69, 9.17) is 16.3 Å². The van der Waals surface area contributed by atoms with Gasteiger partial charge in [-0.3, -0.25) is 4.79 Å². The molecular weight excluding hydrogens is 300 g/mol. The lowest BCUT2D eigenvalue weighted by atomic mass is 10.1. The molecule has 0 saturated carbocycles. The average Bonchev–Trinajstić information content (AvgIpc) is 2.88. The lowest BCUT2D eigenvalue weighted by molar-refractivity contribution is 0.102. The van der Waals surface area contributed by atoms with E-state index < -0.39 is 0 Å². The zero-order valence-corrected chi connectivity index (χ0v) is 13.0. The van der Waals surface area contributed by atoms with Crippen LogP contribution in [0.25, 0.3) is 10.9 Å². The molecule has 1 amide bonds. The zero-order valence-electron chi connectivity index (χ0n) is 12.3. The normalized spacial score (nSPS) is 10.7. The summed E-state index contributed by atoms with van der Waals surface area (Å²) in [5, 5.41) is 4.32. The highest BCUT2D eigenvalue weighted by Crippen LogP contribution is 2.27. The van der Waals surface area contributed by atoms with E-state index in [9.17, 15) is 4.79 Å². The number of halogens is 1. The maximum absolute atomic E-state index is 12.3. The van der Waals surface area contributed by atoms with Crippen LogP contribution in [0, 0.1) is 0 Å². The molecule has 0 fully saturated rings. The third-order valence-corrected chi connectivity index (χ3v) is 3.85. The van der Waals surface area contributed by atoms with Crippen molar-refractivity contribution in [3.63, 3.8) is 0 Å². The smallest absolute Gasteiger partial charge is 0.255 e. The third kappa shape index (κ3) is 2.65. The number of carbonyl (C=O) groups excluding carboxylic acids is 1. The van der Waals surface area contributed by atoms with E-state index in [1.807, 2.05) is 42.1 Å². The number of nitrogens with zero attached hydrogens (tertiary/aromatic N) is 1. The Hall–Kier alpha value is -2.46. The van der Waals surface area contributed by atoms with Crippen LogP contribution in [0.5, 0.6) is 5.75 Å². The Morgan fingerprint density at radius 1 is 1.18 bits per heavy atom. The number of ether oxygens (including phenoxy) is 1. The van der Waals surface area contributed by atoms with Gasteiger partial charge in [-0.25, -0.2) is 0 Å². The Labute approximate surface area is 133 Å². The van der Waals surface area contributed by atoms with Gasteiger partial charge < -0.3 is 14.6 Å². The number of aryl methyl sites for hydroxylation is 1. The molecule has 3 rings (SSSR count). The summed E-state index contributed by atoms with van der Waals surface area (Å²) in [6.07, 6.45) is 1.97. The van der Waals surface area contributed by atoms with Crippen molar-refractivity contribution in [2.45, 2.75) is 0 Å². The van der Waals surface area contributed by atoms with E-state index in [1.165, 1.54) is 0 Å². The minimum Gasteiger partial charge on any atom is -0.495 e. The second-order valence-corrected chi connectivity index (χ2v) is 5.41. The highest BCUT2D eigenvalue weighted by Gasteiger charge is 2.09. The van der Waals surface area contributed by atoms with Gasteiger partial charge in [0.1, 0.15) is 5.75 Å². The first-order valence-electron chi connectivity index (χ1n) is 6.78. The standard InChI is InChI=1S/C17H15ClN2O2/c1-20-8-7-11-9-12(3-5-15(11)20)17(21)19-13-4-6-16(22-2)14(18)10-13/h3-10H,1-2H3,(H,19,21). The average molecular weight is 315 g/mol. The number of methoxy groups -OCH3 is 1. The van der Waals surface area contributed by atoms with Gasteiger partial charge in [-0.15, -0.1) is 0 Å².